The summed E-state index contributed by atoms with van der Waals surface area (Å²) in [4.78, 5) is 0. The summed E-state index contributed by atoms with van der Waals surface area (Å²) >= 11 is 6.16. The van der Waals surface area contributed by atoms with Gasteiger partial charge in [0.05, 0.1) is 5.02 Å². The van der Waals surface area contributed by atoms with Crippen molar-refractivity contribution in [2.24, 2.45) is 11.3 Å². The molecule has 0 radical (unpaired) electrons. The smallest absolute Gasteiger partial charge is 0.153 e. The van der Waals surface area contributed by atoms with Crippen molar-refractivity contribution in [3.05, 3.63) is 35.0 Å². The van der Waals surface area contributed by atoms with Gasteiger partial charge < -0.3 is 9.52 Å². The minimum atomic E-state index is -0.877. The van der Waals surface area contributed by atoms with Crippen molar-refractivity contribution in [3.63, 3.8) is 0 Å². The highest BCUT2D eigenvalue weighted by Crippen LogP contribution is 2.49. The largest absolute Gasteiger partial charge is 0.456 e. The molecule has 1 fully saturated rings. The fraction of sp³-hybridized carbons (Fsp3) is 0.529. The Balaban J connectivity index is 2.04. The molecule has 0 bridgehead atoms. The lowest BCUT2D eigenvalue weighted by Gasteiger charge is -2.44. The molecule has 1 saturated carbocycles. The van der Waals surface area contributed by atoms with E-state index >= 15 is 0 Å². The molecule has 1 aliphatic rings. The van der Waals surface area contributed by atoms with Crippen molar-refractivity contribution in [2.75, 3.05) is 0 Å². The van der Waals surface area contributed by atoms with Crippen molar-refractivity contribution in [2.45, 2.75) is 45.6 Å². The summed E-state index contributed by atoms with van der Waals surface area (Å²) in [5.41, 5.74) is 0.0855. The summed E-state index contributed by atoms with van der Waals surface area (Å²) < 4.78 is 5.90. The molecule has 1 N–H and O–H groups in total. The number of hydrogen-bond donors (Lipinski definition) is 1. The minimum absolute atomic E-state index is 0.172. The number of para-hydroxylation sites is 1. The highest BCUT2D eigenvalue weighted by molar-refractivity contribution is 6.34. The molecule has 0 saturated heterocycles. The summed E-state index contributed by atoms with van der Waals surface area (Å²) in [6.45, 7) is 6.63. The molecule has 1 heterocycles. The van der Waals surface area contributed by atoms with Crippen LogP contribution in [0.15, 0.2) is 28.7 Å². The van der Waals surface area contributed by atoms with Crippen LogP contribution in [0.5, 0.6) is 0 Å². The number of rotatable bonds is 1. The van der Waals surface area contributed by atoms with Crippen LogP contribution in [0.4, 0.5) is 0 Å². The molecule has 3 rings (SSSR count). The van der Waals surface area contributed by atoms with Crippen LogP contribution in [-0.4, -0.2) is 5.11 Å². The zero-order chi connectivity index (χ0) is 14.5. The summed E-state index contributed by atoms with van der Waals surface area (Å²) in [6, 6.07) is 7.63. The normalized spacial score (nSPS) is 29.8. The topological polar surface area (TPSA) is 33.4 Å². The van der Waals surface area contributed by atoms with Gasteiger partial charge in [-0.05, 0) is 42.7 Å². The fourth-order valence-electron chi connectivity index (χ4n) is 3.48. The van der Waals surface area contributed by atoms with Crippen molar-refractivity contribution in [1.29, 1.82) is 0 Å². The molecule has 2 nitrogen and oxygen atoms in total. The van der Waals surface area contributed by atoms with Crippen LogP contribution in [-0.2, 0) is 5.60 Å². The van der Waals surface area contributed by atoms with E-state index in [1.54, 1.807) is 0 Å². The molecule has 3 heteroatoms. The van der Waals surface area contributed by atoms with E-state index in [0.717, 1.165) is 24.6 Å². The van der Waals surface area contributed by atoms with Crippen molar-refractivity contribution in [1.82, 2.24) is 0 Å². The zero-order valence-electron chi connectivity index (χ0n) is 12.2. The lowest BCUT2D eigenvalue weighted by molar-refractivity contribution is -0.0901. The van der Waals surface area contributed by atoms with Crippen LogP contribution in [0.3, 0.4) is 0 Å². The van der Waals surface area contributed by atoms with Crippen LogP contribution in [0.25, 0.3) is 11.0 Å². The van der Waals surface area contributed by atoms with E-state index in [2.05, 4.69) is 20.8 Å². The SMILES string of the molecule is CC1CC(C)(C)CCC1(O)c1cc2cccc(Cl)c2o1. The van der Waals surface area contributed by atoms with E-state index in [-0.39, 0.29) is 11.3 Å². The van der Waals surface area contributed by atoms with Gasteiger partial charge in [-0.15, -0.1) is 0 Å². The van der Waals surface area contributed by atoms with Crippen LogP contribution in [0.2, 0.25) is 5.02 Å². The number of fused-ring (bicyclic) bond motifs is 1. The second-order valence-corrected chi connectivity index (χ2v) is 7.37. The van der Waals surface area contributed by atoms with Gasteiger partial charge in [-0.1, -0.05) is 44.5 Å². The van der Waals surface area contributed by atoms with Crippen LogP contribution in [0.1, 0.15) is 45.8 Å². The summed E-state index contributed by atoms with van der Waals surface area (Å²) in [5, 5.41) is 12.7. The first-order chi connectivity index (χ1) is 9.32. The molecule has 0 amide bonds. The van der Waals surface area contributed by atoms with Gasteiger partial charge in [-0.3, -0.25) is 0 Å². The quantitative estimate of drug-likeness (QED) is 0.791. The molecule has 0 aliphatic heterocycles. The fourth-order valence-corrected chi connectivity index (χ4v) is 3.70. The number of aliphatic hydroxyl groups is 1. The molecule has 2 aromatic rings. The molecule has 1 aromatic carbocycles. The first kappa shape index (κ1) is 14.0. The third-order valence-corrected chi connectivity index (χ3v) is 5.08. The van der Waals surface area contributed by atoms with E-state index in [9.17, 15) is 5.11 Å². The second kappa shape index (κ2) is 4.51. The van der Waals surface area contributed by atoms with Gasteiger partial charge >= 0.3 is 0 Å². The molecular weight excluding hydrogens is 272 g/mol. The highest BCUT2D eigenvalue weighted by atomic mass is 35.5. The number of benzene rings is 1. The van der Waals surface area contributed by atoms with Crippen LogP contribution in [0, 0.1) is 11.3 Å². The predicted molar refractivity (Wildman–Crippen MR) is 81.9 cm³/mol. The minimum Gasteiger partial charge on any atom is -0.456 e. The zero-order valence-corrected chi connectivity index (χ0v) is 13.0. The number of furan rings is 1. The molecule has 108 valence electrons. The maximum absolute atomic E-state index is 11.1. The van der Waals surface area contributed by atoms with E-state index < -0.39 is 5.60 Å². The second-order valence-electron chi connectivity index (χ2n) is 6.96. The van der Waals surface area contributed by atoms with Gasteiger partial charge in [0, 0.05) is 5.39 Å². The average Bonchev–Trinajstić information content (AvgIpc) is 2.80. The van der Waals surface area contributed by atoms with Crippen LogP contribution < -0.4 is 0 Å². The Hall–Kier alpha value is -0.990. The van der Waals surface area contributed by atoms with Crippen LogP contribution >= 0.6 is 11.6 Å². The third kappa shape index (κ3) is 2.15. The number of hydrogen-bond acceptors (Lipinski definition) is 2. The van der Waals surface area contributed by atoms with Gasteiger partial charge in [0.15, 0.2) is 5.58 Å². The molecule has 1 aliphatic carbocycles. The Labute approximate surface area is 124 Å². The predicted octanol–water partition coefficient (Wildman–Crippen LogP) is 5.12. The molecule has 20 heavy (non-hydrogen) atoms. The first-order valence-electron chi connectivity index (χ1n) is 7.23. The average molecular weight is 293 g/mol. The first-order valence-corrected chi connectivity index (χ1v) is 7.61. The van der Waals surface area contributed by atoms with Crippen molar-refractivity contribution in [3.8, 4) is 0 Å². The molecule has 0 spiro atoms. The molecule has 2 unspecified atom stereocenters. The lowest BCUT2D eigenvalue weighted by atomic mass is 9.65. The van der Waals surface area contributed by atoms with Gasteiger partial charge in [0.2, 0.25) is 0 Å². The Morgan fingerprint density at radius 2 is 2.05 bits per heavy atom. The van der Waals surface area contributed by atoms with E-state index in [0.29, 0.717) is 16.4 Å². The van der Waals surface area contributed by atoms with Gasteiger partial charge in [-0.25, -0.2) is 0 Å². The lowest BCUT2D eigenvalue weighted by Crippen LogP contribution is -2.41. The Kier molecular flexibility index (Phi) is 3.15. The molecule has 1 aromatic heterocycles. The maximum Gasteiger partial charge on any atom is 0.153 e. The Morgan fingerprint density at radius 1 is 1.30 bits per heavy atom. The molecular formula is C17H21ClO2. The van der Waals surface area contributed by atoms with Crippen molar-refractivity contribution >= 4 is 22.6 Å². The van der Waals surface area contributed by atoms with Gasteiger partial charge in [0.25, 0.3) is 0 Å². The van der Waals surface area contributed by atoms with E-state index in [1.165, 1.54) is 0 Å². The van der Waals surface area contributed by atoms with Gasteiger partial charge in [-0.2, -0.15) is 0 Å². The maximum atomic E-state index is 11.1. The summed E-state index contributed by atoms with van der Waals surface area (Å²) in [5.74, 6) is 0.828. The number of halogens is 1. The monoisotopic (exact) mass is 292 g/mol. The standard InChI is InChI=1S/C17H21ClO2/c1-11-10-16(2,3)7-8-17(11,19)14-9-12-5-4-6-13(18)15(12)20-14/h4-6,9,11,19H,7-8,10H2,1-3H3. The van der Waals surface area contributed by atoms with E-state index in [4.69, 9.17) is 16.0 Å². The van der Waals surface area contributed by atoms with E-state index in [1.807, 2.05) is 24.3 Å². The molecule has 2 atom stereocenters. The summed E-state index contributed by atoms with van der Waals surface area (Å²) in [7, 11) is 0. The summed E-state index contributed by atoms with van der Waals surface area (Å²) in [6.07, 6.45) is 2.73. The van der Waals surface area contributed by atoms with Gasteiger partial charge in [0.1, 0.15) is 11.4 Å². The Bertz CT molecular complexity index is 643. The Morgan fingerprint density at radius 3 is 2.70 bits per heavy atom. The third-order valence-electron chi connectivity index (χ3n) is 4.78. The van der Waals surface area contributed by atoms with Crippen molar-refractivity contribution < 1.29 is 9.52 Å². The highest BCUT2D eigenvalue weighted by Gasteiger charge is 2.45.